The number of carbonyl (C=O) groups excluding carboxylic acids is 1. The Bertz CT molecular complexity index is 136. The van der Waals surface area contributed by atoms with Gasteiger partial charge in [0.25, 0.3) is 0 Å². The van der Waals surface area contributed by atoms with Crippen molar-refractivity contribution in [3.63, 3.8) is 0 Å². The van der Waals surface area contributed by atoms with Crippen molar-refractivity contribution in [2.75, 3.05) is 0 Å². The fourth-order valence-electron chi connectivity index (χ4n) is 0.362. The zero-order chi connectivity index (χ0) is 7.28. The van der Waals surface area contributed by atoms with E-state index in [9.17, 15) is 4.79 Å². The summed E-state index contributed by atoms with van der Waals surface area (Å²) in [5, 5.41) is 8.66. The predicted molar refractivity (Wildman–Crippen MR) is 33.3 cm³/mol. The largest absolute Gasteiger partial charge is 0.380 e. The van der Waals surface area contributed by atoms with Gasteiger partial charge in [-0.25, -0.2) is 0 Å². The maximum atomic E-state index is 10.1. The van der Waals surface area contributed by atoms with Gasteiger partial charge in [-0.2, -0.15) is 0 Å². The van der Waals surface area contributed by atoms with E-state index >= 15 is 0 Å². The summed E-state index contributed by atoms with van der Waals surface area (Å²) < 4.78 is 0. The van der Waals surface area contributed by atoms with E-state index in [-0.39, 0.29) is 12.8 Å². The van der Waals surface area contributed by atoms with E-state index in [0.717, 1.165) is 0 Å². The van der Waals surface area contributed by atoms with Crippen LogP contribution in [0, 0.1) is 12.3 Å². The fraction of sp³-hybridized carbons (Fsp3) is 0.500. The number of carbonyl (C=O) groups is 1. The lowest BCUT2D eigenvalue weighted by atomic mass is 10.2. The van der Waals surface area contributed by atoms with Crippen molar-refractivity contribution >= 4 is 5.91 Å². The molecule has 1 atom stereocenters. The monoisotopic (exact) mass is 127 g/mol. The topological polar surface area (TPSA) is 63.3 Å². The fourth-order valence-corrected chi connectivity index (χ4v) is 0.362. The third-order valence-corrected chi connectivity index (χ3v) is 0.857. The van der Waals surface area contributed by atoms with Crippen LogP contribution in [-0.2, 0) is 4.79 Å². The van der Waals surface area contributed by atoms with Crippen molar-refractivity contribution < 1.29 is 9.90 Å². The van der Waals surface area contributed by atoms with Gasteiger partial charge in [-0.3, -0.25) is 4.79 Å². The van der Waals surface area contributed by atoms with Crippen LogP contribution in [0.5, 0.6) is 0 Å². The van der Waals surface area contributed by atoms with E-state index in [1.54, 1.807) is 0 Å². The molecule has 0 rings (SSSR count). The molecular formula is C6H9NO2. The Morgan fingerprint density at radius 3 is 2.78 bits per heavy atom. The minimum absolute atomic E-state index is 0.144. The molecule has 0 aromatic carbocycles. The van der Waals surface area contributed by atoms with Crippen LogP contribution >= 0.6 is 0 Å². The van der Waals surface area contributed by atoms with E-state index in [1.807, 2.05) is 0 Å². The molecule has 0 aliphatic rings. The summed E-state index contributed by atoms with van der Waals surface area (Å²) in [5.41, 5.74) is 4.78. The Morgan fingerprint density at radius 2 is 2.44 bits per heavy atom. The molecule has 0 aliphatic carbocycles. The quantitative estimate of drug-likeness (QED) is 0.490. The van der Waals surface area contributed by atoms with E-state index in [2.05, 4.69) is 5.92 Å². The Balaban J connectivity index is 3.30. The SMILES string of the molecule is C#CC(O)CCC(N)=O. The second-order valence-electron chi connectivity index (χ2n) is 1.69. The normalized spacial score (nSPS) is 12.0. The third kappa shape index (κ3) is 4.85. The Morgan fingerprint density at radius 1 is 1.89 bits per heavy atom. The van der Waals surface area contributed by atoms with E-state index in [1.165, 1.54) is 0 Å². The van der Waals surface area contributed by atoms with Crippen LogP contribution in [0.1, 0.15) is 12.8 Å². The molecule has 0 radical (unpaired) electrons. The van der Waals surface area contributed by atoms with Crippen LogP contribution in [-0.4, -0.2) is 17.1 Å². The second-order valence-corrected chi connectivity index (χ2v) is 1.69. The summed E-state index contributed by atoms with van der Waals surface area (Å²) in [6.45, 7) is 0. The lowest BCUT2D eigenvalue weighted by Gasteiger charge is -1.97. The van der Waals surface area contributed by atoms with Crippen LogP contribution in [0.4, 0.5) is 0 Å². The average molecular weight is 127 g/mol. The number of rotatable bonds is 3. The first-order valence-corrected chi connectivity index (χ1v) is 2.59. The predicted octanol–water partition coefficient (Wildman–Crippen LogP) is -0.754. The summed E-state index contributed by atoms with van der Waals surface area (Å²) in [6, 6.07) is 0. The van der Waals surface area contributed by atoms with Gasteiger partial charge in [0.1, 0.15) is 6.10 Å². The molecule has 1 unspecified atom stereocenters. The molecule has 0 aromatic heterocycles. The standard InChI is InChI=1S/C6H9NO2/c1-2-5(8)3-4-6(7)9/h1,5,8H,3-4H2,(H2,7,9). The average Bonchev–Trinajstić information content (AvgIpc) is 1.83. The van der Waals surface area contributed by atoms with Gasteiger partial charge in [-0.15, -0.1) is 6.42 Å². The third-order valence-electron chi connectivity index (χ3n) is 0.857. The number of aliphatic hydroxyl groups excluding tert-OH is 1. The van der Waals surface area contributed by atoms with Crippen LogP contribution in [0.15, 0.2) is 0 Å². The summed E-state index contributed by atoms with van der Waals surface area (Å²) in [7, 11) is 0. The molecule has 9 heavy (non-hydrogen) atoms. The summed E-state index contributed by atoms with van der Waals surface area (Å²) >= 11 is 0. The molecule has 3 N–H and O–H groups in total. The summed E-state index contributed by atoms with van der Waals surface area (Å²) in [6.07, 6.45) is 4.37. The van der Waals surface area contributed by atoms with Crippen molar-refractivity contribution in [3.05, 3.63) is 0 Å². The Kier molecular flexibility index (Phi) is 3.49. The molecule has 0 heterocycles. The van der Waals surface area contributed by atoms with Crippen molar-refractivity contribution in [1.29, 1.82) is 0 Å². The molecule has 1 amide bonds. The molecule has 0 saturated heterocycles. The van der Waals surface area contributed by atoms with E-state index in [4.69, 9.17) is 17.3 Å². The Hall–Kier alpha value is -1.01. The van der Waals surface area contributed by atoms with Crippen molar-refractivity contribution in [1.82, 2.24) is 0 Å². The minimum atomic E-state index is -0.836. The molecule has 50 valence electrons. The minimum Gasteiger partial charge on any atom is -0.380 e. The van der Waals surface area contributed by atoms with E-state index in [0.29, 0.717) is 0 Å². The van der Waals surface area contributed by atoms with Gasteiger partial charge in [0.15, 0.2) is 0 Å². The first-order chi connectivity index (χ1) is 4.16. The molecule has 0 aromatic rings. The molecule has 0 bridgehead atoms. The first kappa shape index (κ1) is 7.99. The summed E-state index contributed by atoms with van der Waals surface area (Å²) in [4.78, 5) is 10.1. The van der Waals surface area contributed by atoms with Crippen molar-refractivity contribution in [2.24, 2.45) is 5.73 Å². The molecule has 0 spiro atoms. The van der Waals surface area contributed by atoms with Crippen LogP contribution in [0.2, 0.25) is 0 Å². The first-order valence-electron chi connectivity index (χ1n) is 2.59. The highest BCUT2D eigenvalue weighted by atomic mass is 16.3. The number of primary amides is 1. The smallest absolute Gasteiger partial charge is 0.217 e. The number of aliphatic hydroxyl groups is 1. The number of terminal acetylenes is 1. The number of hydrogen-bond acceptors (Lipinski definition) is 2. The van der Waals surface area contributed by atoms with Crippen LogP contribution in [0.3, 0.4) is 0 Å². The highest BCUT2D eigenvalue weighted by molar-refractivity contribution is 5.73. The van der Waals surface area contributed by atoms with Gasteiger partial charge in [-0.05, 0) is 6.42 Å². The highest BCUT2D eigenvalue weighted by Crippen LogP contribution is 1.92. The van der Waals surface area contributed by atoms with Gasteiger partial charge in [-0.1, -0.05) is 5.92 Å². The maximum Gasteiger partial charge on any atom is 0.217 e. The van der Waals surface area contributed by atoms with Gasteiger partial charge >= 0.3 is 0 Å². The molecule has 0 saturated carbocycles. The zero-order valence-electron chi connectivity index (χ0n) is 5.00. The number of amides is 1. The number of hydrogen-bond donors (Lipinski definition) is 2. The van der Waals surface area contributed by atoms with Gasteiger partial charge in [0.2, 0.25) is 5.91 Å². The van der Waals surface area contributed by atoms with Crippen LogP contribution in [0.25, 0.3) is 0 Å². The van der Waals surface area contributed by atoms with Crippen molar-refractivity contribution in [3.8, 4) is 12.3 Å². The lowest BCUT2D eigenvalue weighted by molar-refractivity contribution is -0.118. The lowest BCUT2D eigenvalue weighted by Crippen LogP contribution is -2.13. The highest BCUT2D eigenvalue weighted by Gasteiger charge is 2.00. The molecule has 0 aliphatic heterocycles. The molecular weight excluding hydrogens is 118 g/mol. The molecule has 0 fully saturated rings. The van der Waals surface area contributed by atoms with Crippen molar-refractivity contribution in [2.45, 2.75) is 18.9 Å². The maximum absolute atomic E-state index is 10.1. The van der Waals surface area contributed by atoms with Gasteiger partial charge in [0.05, 0.1) is 0 Å². The summed E-state index contributed by atoms with van der Waals surface area (Å²) in [5.74, 6) is 1.63. The van der Waals surface area contributed by atoms with Crippen LogP contribution < -0.4 is 5.73 Å². The molecule has 3 heteroatoms. The van der Waals surface area contributed by atoms with Gasteiger partial charge in [0, 0.05) is 6.42 Å². The van der Waals surface area contributed by atoms with E-state index < -0.39 is 12.0 Å². The van der Waals surface area contributed by atoms with Gasteiger partial charge < -0.3 is 10.8 Å². The second kappa shape index (κ2) is 3.93. The Labute approximate surface area is 53.9 Å². The molecule has 3 nitrogen and oxygen atoms in total. The number of nitrogens with two attached hydrogens (primary N) is 1. The zero-order valence-corrected chi connectivity index (χ0v) is 5.00.